The van der Waals surface area contributed by atoms with E-state index in [9.17, 15) is 0 Å². The van der Waals surface area contributed by atoms with Gasteiger partial charge in [0.2, 0.25) is 0 Å². The average Bonchev–Trinajstić information content (AvgIpc) is 2.55. The molecule has 0 aliphatic rings. The monoisotopic (exact) mass is 230 g/mol. The van der Waals surface area contributed by atoms with E-state index in [0.717, 1.165) is 13.1 Å². The lowest BCUT2D eigenvalue weighted by Crippen LogP contribution is -2.18. The fourth-order valence-electron chi connectivity index (χ4n) is 2.12. The highest BCUT2D eigenvalue weighted by Crippen LogP contribution is 2.22. The van der Waals surface area contributed by atoms with Gasteiger partial charge in [0.15, 0.2) is 0 Å². The van der Waals surface area contributed by atoms with E-state index in [1.165, 1.54) is 27.7 Å². The van der Waals surface area contributed by atoms with Gasteiger partial charge in [-0.3, -0.25) is 0 Å². The Kier molecular flexibility index (Phi) is 3.53. The van der Waals surface area contributed by atoms with Gasteiger partial charge in [0.05, 0.1) is 0 Å². The zero-order valence-electron chi connectivity index (χ0n) is 11.2. The van der Waals surface area contributed by atoms with Gasteiger partial charge in [-0.1, -0.05) is 19.9 Å². The summed E-state index contributed by atoms with van der Waals surface area (Å²) in [5.74, 6) is 0.704. The molecule has 0 spiro atoms. The molecule has 1 aromatic carbocycles. The molecule has 0 bridgehead atoms. The number of aromatic amines is 1. The Balaban J connectivity index is 2.16. The summed E-state index contributed by atoms with van der Waals surface area (Å²) in [4.78, 5) is 3.41. The van der Waals surface area contributed by atoms with Crippen molar-refractivity contribution in [1.82, 2.24) is 10.3 Å². The Bertz CT molecular complexity index is 509. The number of hydrogen-bond acceptors (Lipinski definition) is 1. The molecule has 0 amide bonds. The fraction of sp³-hybridized carbons (Fsp3) is 0.467. The Labute approximate surface area is 103 Å². The molecule has 2 rings (SSSR count). The van der Waals surface area contributed by atoms with Crippen LogP contribution >= 0.6 is 0 Å². The second kappa shape index (κ2) is 4.92. The van der Waals surface area contributed by atoms with Crippen LogP contribution in [0.25, 0.3) is 10.9 Å². The van der Waals surface area contributed by atoms with Crippen molar-refractivity contribution in [3.8, 4) is 0 Å². The predicted octanol–water partition coefficient (Wildman–Crippen LogP) is 3.53. The lowest BCUT2D eigenvalue weighted by Gasteiger charge is -2.07. The first-order valence-corrected chi connectivity index (χ1v) is 6.36. The SMILES string of the molecule is Cc1[nH]c2ccc(CNCC(C)C)cc2c1C. The van der Waals surface area contributed by atoms with Gasteiger partial charge in [0, 0.05) is 23.1 Å². The zero-order chi connectivity index (χ0) is 12.4. The molecule has 0 saturated heterocycles. The van der Waals surface area contributed by atoms with E-state index in [2.05, 4.69) is 56.2 Å². The van der Waals surface area contributed by atoms with Crippen LogP contribution in [0, 0.1) is 19.8 Å². The number of hydrogen-bond donors (Lipinski definition) is 2. The number of benzene rings is 1. The maximum absolute atomic E-state index is 3.48. The van der Waals surface area contributed by atoms with Gasteiger partial charge in [-0.05, 0) is 49.6 Å². The molecule has 0 aliphatic carbocycles. The molecule has 2 heteroatoms. The Hall–Kier alpha value is -1.28. The quantitative estimate of drug-likeness (QED) is 0.826. The molecule has 2 aromatic rings. The number of fused-ring (bicyclic) bond motifs is 1. The molecule has 92 valence electrons. The van der Waals surface area contributed by atoms with Gasteiger partial charge in [0.1, 0.15) is 0 Å². The standard InChI is InChI=1S/C15H22N2/c1-10(2)8-16-9-13-5-6-15-14(7-13)11(3)12(4)17-15/h5-7,10,16-17H,8-9H2,1-4H3. The van der Waals surface area contributed by atoms with E-state index in [0.29, 0.717) is 5.92 Å². The molecule has 0 fully saturated rings. The van der Waals surface area contributed by atoms with E-state index < -0.39 is 0 Å². The minimum absolute atomic E-state index is 0.704. The molecular formula is C15H22N2. The molecule has 1 aromatic heterocycles. The molecule has 1 heterocycles. The van der Waals surface area contributed by atoms with Gasteiger partial charge in [-0.15, -0.1) is 0 Å². The number of nitrogens with one attached hydrogen (secondary N) is 2. The third-order valence-corrected chi connectivity index (χ3v) is 3.25. The van der Waals surface area contributed by atoms with E-state index in [4.69, 9.17) is 0 Å². The molecule has 0 saturated carbocycles. The lowest BCUT2D eigenvalue weighted by atomic mass is 10.1. The first-order chi connectivity index (χ1) is 8.08. The predicted molar refractivity (Wildman–Crippen MR) is 74.3 cm³/mol. The highest BCUT2D eigenvalue weighted by atomic mass is 14.8. The third kappa shape index (κ3) is 2.70. The molecule has 0 unspecified atom stereocenters. The number of rotatable bonds is 4. The van der Waals surface area contributed by atoms with Crippen molar-refractivity contribution < 1.29 is 0 Å². The molecule has 2 nitrogen and oxygen atoms in total. The summed E-state index contributed by atoms with van der Waals surface area (Å²) in [5.41, 5.74) is 5.24. The maximum Gasteiger partial charge on any atom is 0.0458 e. The smallest absolute Gasteiger partial charge is 0.0458 e. The summed E-state index contributed by atoms with van der Waals surface area (Å²) in [6, 6.07) is 6.67. The molecule has 0 atom stereocenters. The van der Waals surface area contributed by atoms with Gasteiger partial charge in [0.25, 0.3) is 0 Å². The zero-order valence-corrected chi connectivity index (χ0v) is 11.2. The first kappa shape index (κ1) is 12.2. The highest BCUT2D eigenvalue weighted by Gasteiger charge is 2.04. The van der Waals surface area contributed by atoms with Crippen molar-refractivity contribution >= 4 is 10.9 Å². The van der Waals surface area contributed by atoms with Crippen molar-refractivity contribution in [2.24, 2.45) is 5.92 Å². The first-order valence-electron chi connectivity index (χ1n) is 6.36. The number of aromatic nitrogens is 1. The summed E-state index contributed by atoms with van der Waals surface area (Å²) in [6.07, 6.45) is 0. The van der Waals surface area contributed by atoms with Crippen molar-refractivity contribution in [3.05, 3.63) is 35.0 Å². The molecular weight excluding hydrogens is 208 g/mol. The van der Waals surface area contributed by atoms with Crippen LogP contribution in [-0.4, -0.2) is 11.5 Å². The van der Waals surface area contributed by atoms with E-state index in [-0.39, 0.29) is 0 Å². The van der Waals surface area contributed by atoms with Crippen molar-refractivity contribution in [2.45, 2.75) is 34.2 Å². The largest absolute Gasteiger partial charge is 0.358 e. The van der Waals surface area contributed by atoms with Gasteiger partial charge >= 0.3 is 0 Å². The van der Waals surface area contributed by atoms with Crippen molar-refractivity contribution in [1.29, 1.82) is 0 Å². The molecule has 17 heavy (non-hydrogen) atoms. The Morgan fingerprint density at radius 2 is 2.00 bits per heavy atom. The molecule has 0 aliphatic heterocycles. The van der Waals surface area contributed by atoms with Gasteiger partial charge < -0.3 is 10.3 Å². The Morgan fingerprint density at radius 1 is 1.24 bits per heavy atom. The van der Waals surface area contributed by atoms with Crippen LogP contribution < -0.4 is 5.32 Å². The van der Waals surface area contributed by atoms with Crippen LogP contribution in [0.2, 0.25) is 0 Å². The van der Waals surface area contributed by atoms with Crippen LogP contribution in [0.15, 0.2) is 18.2 Å². The minimum atomic E-state index is 0.704. The minimum Gasteiger partial charge on any atom is -0.358 e. The third-order valence-electron chi connectivity index (χ3n) is 3.25. The topological polar surface area (TPSA) is 27.8 Å². The number of H-pyrrole nitrogens is 1. The lowest BCUT2D eigenvalue weighted by molar-refractivity contribution is 0.552. The summed E-state index contributed by atoms with van der Waals surface area (Å²) in [5, 5.41) is 4.83. The van der Waals surface area contributed by atoms with Crippen LogP contribution in [0.1, 0.15) is 30.7 Å². The van der Waals surface area contributed by atoms with E-state index >= 15 is 0 Å². The number of aryl methyl sites for hydroxylation is 2. The second-order valence-electron chi connectivity index (χ2n) is 5.28. The van der Waals surface area contributed by atoms with Crippen LogP contribution in [0.5, 0.6) is 0 Å². The van der Waals surface area contributed by atoms with Crippen LogP contribution in [-0.2, 0) is 6.54 Å². The van der Waals surface area contributed by atoms with Crippen LogP contribution in [0.4, 0.5) is 0 Å². The highest BCUT2D eigenvalue weighted by molar-refractivity contribution is 5.84. The van der Waals surface area contributed by atoms with E-state index in [1.807, 2.05) is 0 Å². The fourth-order valence-corrected chi connectivity index (χ4v) is 2.12. The maximum atomic E-state index is 3.48. The summed E-state index contributed by atoms with van der Waals surface area (Å²) in [6.45, 7) is 10.8. The molecule has 0 radical (unpaired) electrons. The van der Waals surface area contributed by atoms with Crippen molar-refractivity contribution in [3.63, 3.8) is 0 Å². The normalized spacial score (nSPS) is 11.6. The molecule has 2 N–H and O–H groups in total. The van der Waals surface area contributed by atoms with Gasteiger partial charge in [-0.25, -0.2) is 0 Å². The summed E-state index contributed by atoms with van der Waals surface area (Å²) < 4.78 is 0. The van der Waals surface area contributed by atoms with Crippen LogP contribution in [0.3, 0.4) is 0 Å². The Morgan fingerprint density at radius 3 is 2.71 bits per heavy atom. The average molecular weight is 230 g/mol. The summed E-state index contributed by atoms with van der Waals surface area (Å²) >= 11 is 0. The summed E-state index contributed by atoms with van der Waals surface area (Å²) in [7, 11) is 0. The van der Waals surface area contributed by atoms with E-state index in [1.54, 1.807) is 0 Å². The second-order valence-corrected chi connectivity index (χ2v) is 5.28. The van der Waals surface area contributed by atoms with Crippen molar-refractivity contribution in [2.75, 3.05) is 6.54 Å². The van der Waals surface area contributed by atoms with Gasteiger partial charge in [-0.2, -0.15) is 0 Å².